The van der Waals surface area contributed by atoms with E-state index in [1.54, 1.807) is 19.0 Å². The summed E-state index contributed by atoms with van der Waals surface area (Å²) in [5.74, 6) is 2.33. The Morgan fingerprint density at radius 1 is 1.12 bits per heavy atom. The molecule has 0 spiro atoms. The van der Waals surface area contributed by atoms with Gasteiger partial charge in [-0.25, -0.2) is 8.42 Å². The number of alkyl halides is 1. The zero-order valence-electron chi connectivity index (χ0n) is 18.3. The standard InChI is InChI=1S/C18H27BrN4O7S2/c1-6-15-13-16(23(24)25)14-17(32(28,29)21(4)10-9-20(2)3)18(15)22(8-7-19)11-12-30-31(5,26)27/h1,13-14H,7-12H2,2-5H3. The number of likely N-dealkylation sites (N-methyl/N-ethyl adjacent to an activating group) is 2. The van der Waals surface area contributed by atoms with Crippen LogP contribution in [0.2, 0.25) is 0 Å². The number of benzene rings is 1. The minimum Gasteiger partial charge on any atom is -0.366 e. The molecule has 0 saturated heterocycles. The van der Waals surface area contributed by atoms with Gasteiger partial charge in [0.05, 0.1) is 29.0 Å². The molecule has 0 aromatic heterocycles. The van der Waals surface area contributed by atoms with Crippen molar-refractivity contribution in [2.24, 2.45) is 0 Å². The number of halogens is 1. The van der Waals surface area contributed by atoms with E-state index in [4.69, 9.17) is 10.6 Å². The van der Waals surface area contributed by atoms with Crippen LogP contribution in [0.4, 0.5) is 11.4 Å². The fourth-order valence-corrected chi connectivity index (χ4v) is 4.91. The highest BCUT2D eigenvalue weighted by atomic mass is 79.9. The molecule has 1 rings (SSSR count). The topological polar surface area (TPSA) is 130 Å². The average molecular weight is 555 g/mol. The van der Waals surface area contributed by atoms with Gasteiger partial charge in [-0.3, -0.25) is 14.3 Å². The molecule has 0 saturated carbocycles. The van der Waals surface area contributed by atoms with Crippen molar-refractivity contribution in [2.75, 3.05) is 70.4 Å². The molecule has 0 N–H and O–H groups in total. The quantitative estimate of drug-likeness (QED) is 0.115. The normalized spacial score (nSPS) is 12.2. The largest absolute Gasteiger partial charge is 0.366 e. The minimum atomic E-state index is -4.18. The Bertz CT molecular complexity index is 1070. The number of hydrogen-bond donors (Lipinski definition) is 0. The first-order valence-electron chi connectivity index (χ1n) is 9.30. The molecular formula is C18H27BrN4O7S2. The third-order valence-electron chi connectivity index (χ3n) is 4.31. The molecule has 32 heavy (non-hydrogen) atoms. The van der Waals surface area contributed by atoms with Gasteiger partial charge in [-0.15, -0.1) is 6.42 Å². The van der Waals surface area contributed by atoms with Crippen LogP contribution in [-0.4, -0.2) is 96.5 Å². The van der Waals surface area contributed by atoms with E-state index >= 15 is 0 Å². The van der Waals surface area contributed by atoms with Crippen molar-refractivity contribution in [1.82, 2.24) is 9.21 Å². The highest BCUT2D eigenvalue weighted by Gasteiger charge is 2.31. The maximum Gasteiger partial charge on any atom is 0.272 e. The number of terminal acetylenes is 1. The van der Waals surface area contributed by atoms with Crippen LogP contribution in [0.3, 0.4) is 0 Å². The molecule has 1 aromatic rings. The molecule has 0 bridgehead atoms. The first-order chi connectivity index (χ1) is 14.7. The van der Waals surface area contributed by atoms with E-state index in [-0.39, 0.29) is 42.4 Å². The summed E-state index contributed by atoms with van der Waals surface area (Å²) in [6.45, 7) is 0.523. The summed E-state index contributed by atoms with van der Waals surface area (Å²) < 4.78 is 55.3. The van der Waals surface area contributed by atoms with Gasteiger partial charge in [0.15, 0.2) is 0 Å². The minimum absolute atomic E-state index is 0.000842. The van der Waals surface area contributed by atoms with Gasteiger partial charge in [-0.1, -0.05) is 21.9 Å². The van der Waals surface area contributed by atoms with E-state index < -0.39 is 30.8 Å². The second-order valence-corrected chi connectivity index (χ2v) is 11.5. The number of non-ortho nitro benzene ring substituents is 1. The van der Waals surface area contributed by atoms with Crippen molar-refractivity contribution in [1.29, 1.82) is 0 Å². The predicted molar refractivity (Wildman–Crippen MR) is 126 cm³/mol. The highest BCUT2D eigenvalue weighted by molar-refractivity contribution is 9.09. The van der Waals surface area contributed by atoms with Gasteiger partial charge in [-0.05, 0) is 14.1 Å². The van der Waals surface area contributed by atoms with Gasteiger partial charge in [0.25, 0.3) is 15.8 Å². The van der Waals surface area contributed by atoms with Crippen LogP contribution in [0, 0.1) is 22.5 Å². The van der Waals surface area contributed by atoms with Crippen LogP contribution in [-0.2, 0) is 24.3 Å². The van der Waals surface area contributed by atoms with Crippen LogP contribution in [0.25, 0.3) is 0 Å². The van der Waals surface area contributed by atoms with Crippen molar-refractivity contribution < 1.29 is 25.9 Å². The van der Waals surface area contributed by atoms with E-state index in [0.717, 1.165) is 22.7 Å². The second-order valence-electron chi connectivity index (χ2n) is 7.07. The van der Waals surface area contributed by atoms with E-state index in [0.29, 0.717) is 11.9 Å². The van der Waals surface area contributed by atoms with Crippen molar-refractivity contribution >= 4 is 47.4 Å². The van der Waals surface area contributed by atoms with Crippen molar-refractivity contribution in [3.8, 4) is 12.3 Å². The smallest absolute Gasteiger partial charge is 0.272 e. The fourth-order valence-electron chi connectivity index (χ4n) is 2.70. The average Bonchev–Trinajstić information content (AvgIpc) is 2.69. The number of nitro groups is 1. The van der Waals surface area contributed by atoms with Crippen LogP contribution in [0.5, 0.6) is 0 Å². The Balaban J connectivity index is 3.66. The van der Waals surface area contributed by atoms with Gasteiger partial charge in [-0.2, -0.15) is 12.7 Å². The first kappa shape index (κ1) is 28.3. The maximum absolute atomic E-state index is 13.4. The molecule has 0 unspecified atom stereocenters. The van der Waals surface area contributed by atoms with Crippen molar-refractivity contribution in [3.63, 3.8) is 0 Å². The molecule has 180 valence electrons. The molecule has 1 aromatic carbocycles. The molecule has 0 aliphatic rings. The van der Waals surface area contributed by atoms with E-state index in [1.165, 1.54) is 11.9 Å². The SMILES string of the molecule is C#Cc1cc([N+](=O)[O-])cc(S(=O)(=O)N(C)CCN(C)C)c1N(CCBr)CCOS(C)(=O)=O. The lowest BCUT2D eigenvalue weighted by molar-refractivity contribution is -0.385. The third kappa shape index (κ3) is 7.98. The predicted octanol–water partition coefficient (Wildman–Crippen LogP) is 0.936. The number of anilines is 1. The summed E-state index contributed by atoms with van der Waals surface area (Å²) in [6, 6.07) is 2.09. The molecule has 0 heterocycles. The van der Waals surface area contributed by atoms with E-state index in [2.05, 4.69) is 21.9 Å². The molecule has 0 fully saturated rings. The van der Waals surface area contributed by atoms with Crippen LogP contribution < -0.4 is 4.90 Å². The second kappa shape index (κ2) is 11.9. The molecule has 0 radical (unpaired) electrons. The van der Waals surface area contributed by atoms with Gasteiger partial charge in [0.2, 0.25) is 10.0 Å². The van der Waals surface area contributed by atoms with Crippen LogP contribution in [0.1, 0.15) is 5.56 Å². The van der Waals surface area contributed by atoms with Gasteiger partial charge >= 0.3 is 0 Å². The third-order valence-corrected chi connectivity index (χ3v) is 7.13. The number of nitro benzene ring substituents is 1. The zero-order chi connectivity index (χ0) is 24.7. The zero-order valence-corrected chi connectivity index (χ0v) is 21.5. The number of sulfonamides is 1. The summed E-state index contributed by atoms with van der Waals surface area (Å²) in [7, 11) is -2.95. The molecule has 14 heteroatoms. The number of nitrogens with zero attached hydrogens (tertiary/aromatic N) is 4. The summed E-state index contributed by atoms with van der Waals surface area (Å²) in [4.78, 5) is 13.7. The number of rotatable bonds is 13. The number of hydrogen-bond acceptors (Lipinski definition) is 9. The Morgan fingerprint density at radius 2 is 1.75 bits per heavy atom. The monoisotopic (exact) mass is 554 g/mol. The molecular weight excluding hydrogens is 528 g/mol. The molecule has 0 atom stereocenters. The summed E-state index contributed by atoms with van der Waals surface area (Å²) in [6.07, 6.45) is 6.48. The fraction of sp³-hybridized carbons (Fsp3) is 0.556. The lowest BCUT2D eigenvalue weighted by Gasteiger charge is -2.29. The summed E-state index contributed by atoms with van der Waals surface area (Å²) in [5, 5.41) is 11.8. The molecule has 11 nitrogen and oxygen atoms in total. The first-order valence-corrected chi connectivity index (χ1v) is 13.7. The van der Waals surface area contributed by atoms with Crippen molar-refractivity contribution in [2.45, 2.75) is 4.90 Å². The van der Waals surface area contributed by atoms with E-state index in [1.807, 2.05) is 0 Å². The Hall–Kier alpha value is -1.76. The maximum atomic E-state index is 13.4. The van der Waals surface area contributed by atoms with E-state index in [9.17, 15) is 26.9 Å². The lowest BCUT2D eigenvalue weighted by atomic mass is 10.1. The molecule has 0 amide bonds. The summed E-state index contributed by atoms with van der Waals surface area (Å²) in [5.41, 5.74) is -0.391. The molecule has 0 aliphatic heterocycles. The molecule has 0 aliphatic carbocycles. The lowest BCUT2D eigenvalue weighted by Crippen LogP contribution is -2.36. The van der Waals surface area contributed by atoms with Crippen LogP contribution in [0.15, 0.2) is 17.0 Å². The van der Waals surface area contributed by atoms with Gasteiger partial charge < -0.3 is 9.80 Å². The van der Waals surface area contributed by atoms with Crippen LogP contribution >= 0.6 is 15.9 Å². The van der Waals surface area contributed by atoms with Crippen molar-refractivity contribution in [3.05, 3.63) is 27.8 Å². The highest BCUT2D eigenvalue weighted by Crippen LogP contribution is 2.35. The van der Waals surface area contributed by atoms with Gasteiger partial charge in [0.1, 0.15) is 4.90 Å². The van der Waals surface area contributed by atoms with Gasteiger partial charge in [0, 0.05) is 50.7 Å². The Labute approximate surface area is 197 Å². The Morgan fingerprint density at radius 3 is 2.22 bits per heavy atom. The Kier molecular flexibility index (Phi) is 10.5. The summed E-state index contributed by atoms with van der Waals surface area (Å²) >= 11 is 3.28.